The summed E-state index contributed by atoms with van der Waals surface area (Å²) in [5, 5.41) is 10.6. The van der Waals surface area contributed by atoms with Crippen LogP contribution in [0.4, 0.5) is 0 Å². The second kappa shape index (κ2) is 8.64. The van der Waals surface area contributed by atoms with Crippen LogP contribution in [0.1, 0.15) is 23.8 Å². The summed E-state index contributed by atoms with van der Waals surface area (Å²) in [5.41, 5.74) is 1.40. The van der Waals surface area contributed by atoms with Crippen LogP contribution in [-0.2, 0) is 6.54 Å². The number of halogens is 1. The lowest BCUT2D eigenvalue weighted by atomic mass is 10.2. The van der Waals surface area contributed by atoms with Gasteiger partial charge in [0.25, 0.3) is 5.56 Å². The molecule has 5 aromatic rings. The second-order valence-corrected chi connectivity index (χ2v) is 8.95. The Balaban J connectivity index is 1.51. The lowest BCUT2D eigenvalue weighted by Gasteiger charge is -2.13. The van der Waals surface area contributed by atoms with Crippen LogP contribution in [-0.4, -0.2) is 24.7 Å². The van der Waals surface area contributed by atoms with Crippen molar-refractivity contribution in [2.45, 2.75) is 23.9 Å². The SMILES string of the molecule is CC(Sc1nnc(-c2ccc(Cl)cc2)n1Cc1ccco1)c1nc2ccccc2c(=O)[nH]1. The first-order chi connectivity index (χ1) is 15.6. The molecular formula is C23H18ClN5O2S. The fourth-order valence-electron chi connectivity index (χ4n) is 3.40. The van der Waals surface area contributed by atoms with Crippen molar-refractivity contribution in [1.29, 1.82) is 0 Å². The van der Waals surface area contributed by atoms with Crippen LogP contribution in [0.3, 0.4) is 0 Å². The third kappa shape index (κ3) is 4.06. The van der Waals surface area contributed by atoms with Crippen molar-refractivity contribution < 1.29 is 4.42 Å². The fraction of sp³-hybridized carbons (Fsp3) is 0.130. The topological polar surface area (TPSA) is 89.6 Å². The lowest BCUT2D eigenvalue weighted by Crippen LogP contribution is -2.13. The Morgan fingerprint density at radius 1 is 1.09 bits per heavy atom. The zero-order valence-corrected chi connectivity index (χ0v) is 18.6. The van der Waals surface area contributed by atoms with Crippen LogP contribution in [0.25, 0.3) is 22.3 Å². The van der Waals surface area contributed by atoms with Crippen LogP contribution in [0.5, 0.6) is 0 Å². The van der Waals surface area contributed by atoms with Crippen molar-refractivity contribution in [2.75, 3.05) is 0 Å². The second-order valence-electron chi connectivity index (χ2n) is 7.21. The number of aromatic nitrogens is 5. The normalized spacial score (nSPS) is 12.3. The molecule has 0 fully saturated rings. The molecule has 32 heavy (non-hydrogen) atoms. The maximum atomic E-state index is 12.5. The van der Waals surface area contributed by atoms with Crippen LogP contribution in [0, 0.1) is 0 Å². The molecule has 160 valence electrons. The van der Waals surface area contributed by atoms with Crippen LogP contribution < -0.4 is 5.56 Å². The van der Waals surface area contributed by atoms with E-state index in [1.54, 1.807) is 12.3 Å². The molecule has 3 aromatic heterocycles. The highest BCUT2D eigenvalue weighted by molar-refractivity contribution is 7.99. The quantitative estimate of drug-likeness (QED) is 0.342. The molecule has 1 atom stereocenters. The van der Waals surface area contributed by atoms with Gasteiger partial charge in [0.1, 0.15) is 11.6 Å². The highest BCUT2D eigenvalue weighted by Gasteiger charge is 2.20. The number of para-hydroxylation sites is 1. The number of hydrogen-bond acceptors (Lipinski definition) is 6. The van der Waals surface area contributed by atoms with Gasteiger partial charge in [0.15, 0.2) is 11.0 Å². The summed E-state index contributed by atoms with van der Waals surface area (Å²) in [7, 11) is 0. The van der Waals surface area contributed by atoms with Crippen molar-refractivity contribution in [3.63, 3.8) is 0 Å². The molecule has 2 aromatic carbocycles. The lowest BCUT2D eigenvalue weighted by molar-refractivity contribution is 0.485. The van der Waals surface area contributed by atoms with Gasteiger partial charge in [-0.3, -0.25) is 9.36 Å². The molecule has 0 bridgehead atoms. The maximum Gasteiger partial charge on any atom is 0.258 e. The van der Waals surface area contributed by atoms with E-state index in [-0.39, 0.29) is 10.8 Å². The third-order valence-corrected chi connectivity index (χ3v) is 6.35. The standard InChI is InChI=1S/C23H18ClN5O2S/c1-14(20-25-19-7-3-2-6-18(19)22(30)26-20)32-23-28-27-21(15-8-10-16(24)11-9-15)29(23)13-17-5-4-12-31-17/h2-12,14H,13H2,1H3,(H,25,26,30). The molecule has 1 unspecified atom stereocenters. The largest absolute Gasteiger partial charge is 0.467 e. The minimum atomic E-state index is -0.162. The van der Waals surface area contributed by atoms with Crippen LogP contribution in [0.2, 0.25) is 5.02 Å². The summed E-state index contributed by atoms with van der Waals surface area (Å²) in [4.78, 5) is 20.0. The third-order valence-electron chi connectivity index (χ3n) is 5.01. The molecular weight excluding hydrogens is 446 g/mol. The molecule has 0 radical (unpaired) electrons. The van der Waals surface area contributed by atoms with Gasteiger partial charge in [0, 0.05) is 10.6 Å². The number of H-pyrrole nitrogens is 1. The van der Waals surface area contributed by atoms with E-state index in [0.29, 0.717) is 39.3 Å². The molecule has 5 rings (SSSR count). The number of fused-ring (bicyclic) bond motifs is 1. The zero-order chi connectivity index (χ0) is 22.1. The van der Waals surface area contributed by atoms with Crippen molar-refractivity contribution >= 4 is 34.3 Å². The summed E-state index contributed by atoms with van der Waals surface area (Å²) in [6.45, 7) is 2.44. The van der Waals surface area contributed by atoms with Crippen molar-refractivity contribution in [1.82, 2.24) is 24.7 Å². The van der Waals surface area contributed by atoms with Gasteiger partial charge in [-0.15, -0.1) is 10.2 Å². The Labute approximate surface area is 192 Å². The van der Waals surface area contributed by atoms with Crippen molar-refractivity contribution in [2.24, 2.45) is 0 Å². The summed E-state index contributed by atoms with van der Waals surface area (Å²) >= 11 is 7.52. The smallest absolute Gasteiger partial charge is 0.258 e. The summed E-state index contributed by atoms with van der Waals surface area (Å²) in [5.74, 6) is 2.07. The van der Waals surface area contributed by atoms with Gasteiger partial charge >= 0.3 is 0 Å². The molecule has 0 saturated heterocycles. The Hall–Kier alpha value is -3.36. The van der Waals surface area contributed by atoms with Gasteiger partial charge in [0.2, 0.25) is 0 Å². The molecule has 0 amide bonds. The fourth-order valence-corrected chi connectivity index (χ4v) is 4.43. The van der Waals surface area contributed by atoms with E-state index in [9.17, 15) is 4.79 Å². The average Bonchev–Trinajstić information content (AvgIpc) is 3.45. The Morgan fingerprint density at radius 3 is 2.69 bits per heavy atom. The summed E-state index contributed by atoms with van der Waals surface area (Å²) in [6, 6.07) is 18.5. The highest BCUT2D eigenvalue weighted by atomic mass is 35.5. The van der Waals surface area contributed by atoms with Gasteiger partial charge in [-0.05, 0) is 55.5 Å². The molecule has 3 heterocycles. The van der Waals surface area contributed by atoms with Gasteiger partial charge < -0.3 is 9.40 Å². The van der Waals surface area contributed by atoms with Crippen LogP contribution in [0.15, 0.2) is 81.3 Å². The van der Waals surface area contributed by atoms with Gasteiger partial charge in [-0.2, -0.15) is 0 Å². The molecule has 7 nitrogen and oxygen atoms in total. The first-order valence-electron chi connectivity index (χ1n) is 9.95. The number of thioether (sulfide) groups is 1. The van der Waals surface area contributed by atoms with E-state index >= 15 is 0 Å². The number of aromatic amines is 1. The highest BCUT2D eigenvalue weighted by Crippen LogP contribution is 2.34. The molecule has 1 N–H and O–H groups in total. The van der Waals surface area contributed by atoms with Gasteiger partial charge in [-0.25, -0.2) is 4.98 Å². The number of nitrogens with one attached hydrogen (secondary N) is 1. The zero-order valence-electron chi connectivity index (χ0n) is 17.0. The van der Waals surface area contributed by atoms with E-state index in [2.05, 4.69) is 20.2 Å². The van der Waals surface area contributed by atoms with E-state index in [1.165, 1.54) is 11.8 Å². The molecule has 0 spiro atoms. The predicted octanol–water partition coefficient (Wildman–Crippen LogP) is 5.33. The summed E-state index contributed by atoms with van der Waals surface area (Å²) in [6.07, 6.45) is 1.64. The monoisotopic (exact) mass is 463 g/mol. The first kappa shape index (κ1) is 20.5. The van der Waals surface area contributed by atoms with Gasteiger partial charge in [-0.1, -0.05) is 35.5 Å². The van der Waals surface area contributed by atoms with Crippen molar-refractivity contribution in [3.8, 4) is 11.4 Å². The van der Waals surface area contributed by atoms with E-state index in [4.69, 9.17) is 16.0 Å². The van der Waals surface area contributed by atoms with Crippen molar-refractivity contribution in [3.05, 3.63) is 93.9 Å². The minimum Gasteiger partial charge on any atom is -0.467 e. The first-order valence-corrected chi connectivity index (χ1v) is 11.2. The molecule has 0 aliphatic carbocycles. The molecule has 0 aliphatic heterocycles. The van der Waals surface area contributed by atoms with Gasteiger partial charge in [0.05, 0.1) is 29.0 Å². The average molecular weight is 464 g/mol. The van der Waals surface area contributed by atoms with E-state index < -0.39 is 0 Å². The molecule has 0 aliphatic rings. The molecule has 0 saturated carbocycles. The maximum absolute atomic E-state index is 12.5. The Morgan fingerprint density at radius 2 is 1.91 bits per heavy atom. The number of furan rings is 1. The predicted molar refractivity (Wildman–Crippen MR) is 125 cm³/mol. The Bertz CT molecular complexity index is 1430. The summed E-state index contributed by atoms with van der Waals surface area (Å²) < 4.78 is 7.55. The van der Waals surface area contributed by atoms with E-state index in [1.807, 2.05) is 66.1 Å². The number of rotatable bonds is 6. The number of nitrogens with zero attached hydrogens (tertiary/aromatic N) is 4. The van der Waals surface area contributed by atoms with E-state index in [0.717, 1.165) is 11.3 Å². The Kier molecular flexibility index (Phi) is 5.55. The number of benzene rings is 2. The number of hydrogen-bond donors (Lipinski definition) is 1. The minimum absolute atomic E-state index is 0.156. The molecule has 9 heteroatoms. The van der Waals surface area contributed by atoms with Crippen LogP contribution >= 0.6 is 23.4 Å².